The summed E-state index contributed by atoms with van der Waals surface area (Å²) in [5.41, 5.74) is 0.889. The van der Waals surface area contributed by atoms with Gasteiger partial charge in [-0.25, -0.2) is 4.79 Å². The zero-order valence-corrected chi connectivity index (χ0v) is 16.0. The molecule has 1 aromatic rings. The van der Waals surface area contributed by atoms with E-state index in [9.17, 15) is 14.4 Å². The molecule has 0 aromatic heterocycles. The van der Waals surface area contributed by atoms with Crippen LogP contribution in [-0.4, -0.2) is 42.0 Å². The Labute approximate surface area is 159 Å². The number of hydrogen-bond donors (Lipinski definition) is 1. The molecule has 0 unspecified atom stereocenters. The smallest absolute Gasteiger partial charge is 0.326 e. The van der Waals surface area contributed by atoms with Gasteiger partial charge in [0.2, 0.25) is 0 Å². The molecule has 2 fully saturated rings. The van der Waals surface area contributed by atoms with E-state index in [1.54, 1.807) is 7.11 Å². The van der Waals surface area contributed by atoms with Crippen LogP contribution in [0.5, 0.6) is 5.75 Å². The van der Waals surface area contributed by atoms with Gasteiger partial charge in [0.15, 0.2) is 0 Å². The Kier molecular flexibility index (Phi) is 5.39. The van der Waals surface area contributed by atoms with Gasteiger partial charge in [-0.15, -0.1) is 0 Å². The van der Waals surface area contributed by atoms with E-state index in [0.29, 0.717) is 12.2 Å². The molecule has 7 nitrogen and oxygen atoms in total. The molecule has 1 aliphatic carbocycles. The van der Waals surface area contributed by atoms with Gasteiger partial charge in [0.05, 0.1) is 7.11 Å². The second kappa shape index (κ2) is 7.58. The number of aryl methyl sites for hydroxylation is 1. The molecule has 1 N–H and O–H groups in total. The van der Waals surface area contributed by atoms with Crippen molar-refractivity contribution in [3.05, 3.63) is 29.3 Å². The monoisotopic (exact) mass is 374 g/mol. The predicted octanol–water partition coefficient (Wildman–Crippen LogP) is 2.55. The number of esters is 1. The molecule has 1 aliphatic heterocycles. The minimum Gasteiger partial charge on any atom is -0.496 e. The molecular formula is C20H26N2O5. The topological polar surface area (TPSA) is 84.9 Å². The standard InChI is InChI=1S/C20H26N2O5/c1-13-7-8-16(26-3)15(10-13)12-27-17(23)11-22-18(24)20(21-19(22)25)9-5-4-6-14(20)2/h7-8,10,14H,4-6,9,11-12H2,1-3H3,(H,21,25)/t14-,20-/m1/s1. The molecule has 27 heavy (non-hydrogen) atoms. The highest BCUT2D eigenvalue weighted by atomic mass is 16.5. The van der Waals surface area contributed by atoms with Gasteiger partial charge in [0.25, 0.3) is 5.91 Å². The van der Waals surface area contributed by atoms with Gasteiger partial charge in [0, 0.05) is 5.56 Å². The van der Waals surface area contributed by atoms with E-state index in [4.69, 9.17) is 9.47 Å². The third kappa shape index (κ3) is 3.63. The summed E-state index contributed by atoms with van der Waals surface area (Å²) in [6.45, 7) is 3.55. The minimum atomic E-state index is -0.866. The normalized spacial score (nSPS) is 24.9. The summed E-state index contributed by atoms with van der Waals surface area (Å²) >= 11 is 0. The van der Waals surface area contributed by atoms with Crippen molar-refractivity contribution in [1.29, 1.82) is 0 Å². The van der Waals surface area contributed by atoms with E-state index in [1.807, 2.05) is 32.0 Å². The lowest BCUT2D eigenvalue weighted by Crippen LogP contribution is -2.54. The average molecular weight is 374 g/mol. The molecule has 3 rings (SSSR count). The number of methoxy groups -OCH3 is 1. The molecule has 2 aliphatic rings. The van der Waals surface area contributed by atoms with Crippen LogP contribution in [-0.2, 0) is 20.9 Å². The fourth-order valence-electron chi connectivity index (χ4n) is 3.99. The Morgan fingerprint density at radius 3 is 2.81 bits per heavy atom. The molecule has 1 saturated carbocycles. The van der Waals surface area contributed by atoms with Crippen molar-refractivity contribution in [3.63, 3.8) is 0 Å². The number of rotatable bonds is 5. The first-order valence-electron chi connectivity index (χ1n) is 9.30. The van der Waals surface area contributed by atoms with Crippen molar-refractivity contribution in [2.75, 3.05) is 13.7 Å². The Morgan fingerprint density at radius 1 is 1.33 bits per heavy atom. The summed E-state index contributed by atoms with van der Waals surface area (Å²) < 4.78 is 10.6. The van der Waals surface area contributed by atoms with Gasteiger partial charge < -0.3 is 14.8 Å². The number of amides is 3. The SMILES string of the molecule is COc1ccc(C)cc1COC(=O)CN1C(=O)N[C@@]2(CCCC[C@H]2C)C1=O. The molecule has 1 heterocycles. The predicted molar refractivity (Wildman–Crippen MR) is 98.1 cm³/mol. The summed E-state index contributed by atoms with van der Waals surface area (Å²) in [4.78, 5) is 38.4. The maximum Gasteiger partial charge on any atom is 0.326 e. The number of imide groups is 1. The van der Waals surface area contributed by atoms with Gasteiger partial charge in [0.1, 0.15) is 24.4 Å². The first-order chi connectivity index (χ1) is 12.9. The molecular weight excluding hydrogens is 348 g/mol. The Hall–Kier alpha value is -2.57. The number of hydrogen-bond acceptors (Lipinski definition) is 5. The number of ether oxygens (including phenoxy) is 2. The number of carbonyl (C=O) groups excluding carboxylic acids is 3. The number of nitrogens with one attached hydrogen (secondary N) is 1. The average Bonchev–Trinajstić information content (AvgIpc) is 2.87. The van der Waals surface area contributed by atoms with Crippen LogP contribution in [0.25, 0.3) is 0 Å². The van der Waals surface area contributed by atoms with Crippen LogP contribution in [0.1, 0.15) is 43.7 Å². The van der Waals surface area contributed by atoms with Gasteiger partial charge in [-0.3, -0.25) is 14.5 Å². The van der Waals surface area contributed by atoms with E-state index >= 15 is 0 Å². The van der Waals surface area contributed by atoms with Crippen molar-refractivity contribution >= 4 is 17.9 Å². The van der Waals surface area contributed by atoms with Crippen molar-refractivity contribution in [2.45, 2.75) is 51.7 Å². The van der Waals surface area contributed by atoms with Crippen LogP contribution in [0.4, 0.5) is 4.79 Å². The molecule has 146 valence electrons. The summed E-state index contributed by atoms with van der Waals surface area (Å²) in [6, 6.07) is 5.07. The summed E-state index contributed by atoms with van der Waals surface area (Å²) in [5.74, 6) is -0.258. The molecule has 0 radical (unpaired) electrons. The van der Waals surface area contributed by atoms with Crippen molar-refractivity contribution in [3.8, 4) is 5.75 Å². The van der Waals surface area contributed by atoms with Crippen LogP contribution < -0.4 is 10.1 Å². The Balaban J connectivity index is 1.64. The van der Waals surface area contributed by atoms with E-state index in [2.05, 4.69) is 5.32 Å². The van der Waals surface area contributed by atoms with E-state index in [0.717, 1.165) is 35.3 Å². The lowest BCUT2D eigenvalue weighted by atomic mass is 9.73. The lowest BCUT2D eigenvalue weighted by molar-refractivity contribution is -0.149. The molecule has 1 aromatic carbocycles. The largest absolute Gasteiger partial charge is 0.496 e. The van der Waals surface area contributed by atoms with Crippen LogP contribution in [0.15, 0.2) is 18.2 Å². The second-order valence-corrected chi connectivity index (χ2v) is 7.42. The zero-order chi connectivity index (χ0) is 19.6. The highest BCUT2D eigenvalue weighted by molar-refractivity contribution is 6.08. The zero-order valence-electron chi connectivity index (χ0n) is 16.0. The maximum atomic E-state index is 12.9. The minimum absolute atomic E-state index is 0.0227. The van der Waals surface area contributed by atoms with Crippen molar-refractivity contribution < 1.29 is 23.9 Å². The Morgan fingerprint density at radius 2 is 2.11 bits per heavy atom. The summed E-state index contributed by atoms with van der Waals surface area (Å²) in [7, 11) is 1.55. The first-order valence-corrected chi connectivity index (χ1v) is 9.30. The number of benzene rings is 1. The lowest BCUT2D eigenvalue weighted by Gasteiger charge is -2.36. The summed E-state index contributed by atoms with van der Waals surface area (Å²) in [6.07, 6.45) is 3.44. The van der Waals surface area contributed by atoms with Crippen LogP contribution in [0.3, 0.4) is 0 Å². The third-order valence-electron chi connectivity index (χ3n) is 5.61. The maximum absolute atomic E-state index is 12.9. The van der Waals surface area contributed by atoms with E-state index in [1.165, 1.54) is 0 Å². The quantitative estimate of drug-likeness (QED) is 0.632. The number of carbonyl (C=O) groups is 3. The van der Waals surface area contributed by atoms with Gasteiger partial charge in [-0.2, -0.15) is 0 Å². The fraction of sp³-hybridized carbons (Fsp3) is 0.550. The number of nitrogens with zero attached hydrogens (tertiary/aromatic N) is 1. The molecule has 3 amide bonds. The van der Waals surface area contributed by atoms with Crippen molar-refractivity contribution in [1.82, 2.24) is 10.2 Å². The highest BCUT2D eigenvalue weighted by Crippen LogP contribution is 2.38. The molecule has 1 saturated heterocycles. The number of urea groups is 1. The van der Waals surface area contributed by atoms with Crippen LogP contribution in [0, 0.1) is 12.8 Å². The fourth-order valence-corrected chi connectivity index (χ4v) is 3.99. The molecule has 7 heteroatoms. The van der Waals surface area contributed by atoms with Gasteiger partial charge >= 0.3 is 12.0 Å². The Bertz CT molecular complexity index is 763. The van der Waals surface area contributed by atoms with Crippen LogP contribution in [0.2, 0.25) is 0 Å². The highest BCUT2D eigenvalue weighted by Gasteiger charge is 2.55. The van der Waals surface area contributed by atoms with Gasteiger partial charge in [-0.05, 0) is 37.8 Å². The second-order valence-electron chi connectivity index (χ2n) is 7.42. The van der Waals surface area contributed by atoms with Crippen molar-refractivity contribution in [2.24, 2.45) is 5.92 Å². The molecule has 1 spiro atoms. The molecule has 2 atom stereocenters. The summed E-state index contributed by atoms with van der Waals surface area (Å²) in [5, 5.41) is 2.83. The third-order valence-corrected chi connectivity index (χ3v) is 5.61. The van der Waals surface area contributed by atoms with E-state index < -0.39 is 17.5 Å². The van der Waals surface area contributed by atoms with Gasteiger partial charge in [-0.1, -0.05) is 31.4 Å². The van der Waals surface area contributed by atoms with Crippen LogP contribution >= 0.6 is 0 Å². The molecule has 0 bridgehead atoms. The first kappa shape index (κ1) is 19.2. The van der Waals surface area contributed by atoms with E-state index in [-0.39, 0.29) is 25.0 Å².